The molecule has 6 aliphatic rings. The van der Waals surface area contributed by atoms with Gasteiger partial charge < -0.3 is 92.8 Å². The zero-order valence-electron chi connectivity index (χ0n) is 88.3. The fourth-order valence-electron chi connectivity index (χ4n) is 19.4. The van der Waals surface area contributed by atoms with E-state index in [0.29, 0.717) is 79.2 Å². The summed E-state index contributed by atoms with van der Waals surface area (Å²) in [6.45, 7) is 30.7. The lowest BCUT2D eigenvalue weighted by molar-refractivity contribution is -0.143. The van der Waals surface area contributed by atoms with Gasteiger partial charge in [0.15, 0.2) is 0 Å². The fourth-order valence-corrected chi connectivity index (χ4v) is 20.3. The molecular weight excluding hydrogens is 1970 g/mol. The monoisotopic (exact) mass is 2130 g/mol. The summed E-state index contributed by atoms with van der Waals surface area (Å²) in [4.78, 5) is 156. The van der Waals surface area contributed by atoms with E-state index in [1.165, 1.54) is 80.1 Å². The quantitative estimate of drug-likeness (QED) is 0.0172. The van der Waals surface area contributed by atoms with Gasteiger partial charge in [-0.25, -0.2) is 28.8 Å². The zero-order chi connectivity index (χ0) is 106. The number of carboxylic acid groups (broad SMARTS) is 1. The number of aliphatic carboxylic acids is 1. The highest BCUT2D eigenvalue weighted by Gasteiger charge is 2.36. The summed E-state index contributed by atoms with van der Waals surface area (Å²) in [6.07, 6.45) is 24.6. The second kappa shape index (κ2) is 58.9. The number of halogens is 1. The molecule has 35 heteroatoms. The number of para-hydroxylation sites is 4. The third-order valence-electron chi connectivity index (χ3n) is 27.5. The third-order valence-corrected chi connectivity index (χ3v) is 28.2. The lowest BCUT2D eigenvalue weighted by Gasteiger charge is -2.33. The number of carbonyl (C=O) groups is 12. The van der Waals surface area contributed by atoms with Gasteiger partial charge in [0, 0.05) is 144 Å². The number of esters is 3. The lowest BCUT2D eigenvalue weighted by atomic mass is 9.86. The summed E-state index contributed by atoms with van der Waals surface area (Å²) in [7, 11) is 8.09. The van der Waals surface area contributed by atoms with Gasteiger partial charge in [0.2, 0.25) is 11.8 Å². The number of amides is 5. The molecule has 6 aliphatic heterocycles. The molecule has 800 valence electrons. The molecule has 0 spiro atoms. The van der Waals surface area contributed by atoms with Crippen LogP contribution in [0.25, 0.3) is 43.6 Å². The van der Waals surface area contributed by atoms with E-state index >= 15 is 0 Å². The first kappa shape index (κ1) is 119. The number of aliphatic hydroxyl groups excluding tert-OH is 2. The number of piperidine rings is 6. The summed E-state index contributed by atoms with van der Waals surface area (Å²) in [6, 6.07) is 30.1. The Balaban J connectivity index is 0.000000213. The van der Waals surface area contributed by atoms with E-state index in [-0.39, 0.29) is 66.6 Å². The Hall–Kier alpha value is -11.3. The first-order valence-electron chi connectivity index (χ1n) is 51.1. The molecule has 0 aliphatic carbocycles. The first-order valence-corrected chi connectivity index (χ1v) is 52.6. The zero-order valence-corrected chi connectivity index (χ0v) is 90.4. The molecule has 5 N–H and O–H groups in total. The molecule has 6 saturated heterocycles. The van der Waals surface area contributed by atoms with Crippen LogP contribution in [0.5, 0.6) is 0 Å². The van der Waals surface area contributed by atoms with Crippen molar-refractivity contribution in [1.82, 2.24) is 48.5 Å². The SMILES string of the molecule is CC(=O)N1CCC(CCC(C(=O)O)c2c[nH]c3ccccc23)CC1.CC(C)(C)OC(=O)N1CCC(CCI)CC1.CC(C)(C)OC(=O)N1CCC(CCO)CC1.COC(=O)C(CCC1CCN(C(=O)OC(C)(C)C)CC1)c1cn(C(=O)OC)c2ccccc12.COC(=O)C(CCC1CCN(C(C)=O)CC1)c1cn(C(=O)OC)c2ccccc12.COC(=O)Cc1cn(C(=O)OC)c2ccccc12.OCCC1CCNCC1. The molecule has 8 aromatic rings. The second-order valence-electron chi connectivity index (χ2n) is 41.0. The van der Waals surface area contributed by atoms with Gasteiger partial charge in [-0.1, -0.05) is 95.4 Å². The molecule has 0 bridgehead atoms. The van der Waals surface area contributed by atoms with Gasteiger partial charge >= 0.3 is 60.4 Å². The summed E-state index contributed by atoms with van der Waals surface area (Å²) < 4.78 is 50.9. The van der Waals surface area contributed by atoms with Crippen molar-refractivity contribution in [3.8, 4) is 0 Å². The van der Waals surface area contributed by atoms with Crippen LogP contribution in [0, 0.1) is 35.5 Å². The van der Waals surface area contributed by atoms with Crippen LogP contribution >= 0.6 is 22.6 Å². The number of methoxy groups -OCH3 is 6. The smallest absolute Gasteiger partial charge is 0.418 e. The summed E-state index contributed by atoms with van der Waals surface area (Å²) >= 11 is 2.42. The number of hydrogen-bond donors (Lipinski definition) is 5. The molecule has 10 heterocycles. The van der Waals surface area contributed by atoms with Gasteiger partial charge in [-0.2, -0.15) is 0 Å². The Morgan fingerprint density at radius 3 is 1.01 bits per heavy atom. The number of ether oxygens (including phenoxy) is 9. The van der Waals surface area contributed by atoms with Crippen LogP contribution in [0.15, 0.2) is 122 Å². The van der Waals surface area contributed by atoms with E-state index < -0.39 is 53.2 Å². The van der Waals surface area contributed by atoms with Crippen LogP contribution in [0.4, 0.5) is 28.8 Å². The van der Waals surface area contributed by atoms with Gasteiger partial charge in [-0.3, -0.25) is 42.5 Å². The molecular formula is C110H159IN10O24. The van der Waals surface area contributed by atoms with Gasteiger partial charge in [0.1, 0.15) is 16.8 Å². The topological polar surface area (TPSA) is 407 Å². The predicted molar refractivity (Wildman–Crippen MR) is 565 cm³/mol. The molecule has 4 aromatic heterocycles. The van der Waals surface area contributed by atoms with Crippen LogP contribution in [-0.2, 0) is 77.8 Å². The van der Waals surface area contributed by atoms with Crippen molar-refractivity contribution in [1.29, 1.82) is 0 Å². The Morgan fingerprint density at radius 1 is 0.366 bits per heavy atom. The molecule has 34 nitrogen and oxygen atoms in total. The van der Waals surface area contributed by atoms with Crippen LogP contribution in [-0.4, -0.2) is 286 Å². The van der Waals surface area contributed by atoms with Crippen LogP contribution in [0.1, 0.15) is 251 Å². The van der Waals surface area contributed by atoms with Gasteiger partial charge in [0.05, 0.1) is 83.4 Å². The van der Waals surface area contributed by atoms with Crippen molar-refractivity contribution in [2.75, 3.05) is 139 Å². The minimum Gasteiger partial charge on any atom is -0.481 e. The molecule has 0 radical (unpaired) electrons. The maximum atomic E-state index is 12.7. The predicted octanol–water partition coefficient (Wildman–Crippen LogP) is 19.7. The lowest BCUT2D eigenvalue weighted by Crippen LogP contribution is -2.41. The largest absolute Gasteiger partial charge is 0.481 e. The Bertz CT molecular complexity index is 5410. The maximum Gasteiger partial charge on any atom is 0.418 e. The van der Waals surface area contributed by atoms with Crippen LogP contribution < -0.4 is 5.32 Å². The highest BCUT2D eigenvalue weighted by molar-refractivity contribution is 14.1. The normalized spacial score (nSPS) is 16.4. The van der Waals surface area contributed by atoms with E-state index in [2.05, 4.69) is 37.6 Å². The Morgan fingerprint density at radius 2 is 0.676 bits per heavy atom. The maximum absolute atomic E-state index is 12.7. The number of aromatic nitrogens is 4. The number of likely N-dealkylation sites (tertiary alicyclic amines) is 5. The molecule has 3 unspecified atom stereocenters. The fraction of sp³-hybridized carbons (Fsp3) is 0.600. The first-order chi connectivity index (χ1) is 69.1. The van der Waals surface area contributed by atoms with Gasteiger partial charge in [-0.15, -0.1) is 0 Å². The van der Waals surface area contributed by atoms with E-state index in [4.69, 9.17) is 48.1 Å². The van der Waals surface area contributed by atoms with E-state index in [1.807, 2.05) is 174 Å². The number of H-pyrrole nitrogens is 1. The van der Waals surface area contributed by atoms with Crippen molar-refractivity contribution in [2.45, 2.75) is 252 Å². The number of rotatable bonds is 23. The second-order valence-corrected chi connectivity index (χ2v) is 42.1. The average Bonchev–Trinajstić information content (AvgIpc) is 1.71. The molecule has 3 atom stereocenters. The molecule has 145 heavy (non-hydrogen) atoms. The summed E-state index contributed by atoms with van der Waals surface area (Å²) in [5.41, 5.74) is 4.93. The third kappa shape index (κ3) is 37.2. The molecule has 6 fully saturated rings. The molecule has 14 rings (SSSR count). The van der Waals surface area contributed by atoms with E-state index in [0.717, 1.165) is 223 Å². The number of benzene rings is 4. The van der Waals surface area contributed by atoms with Gasteiger partial charge in [-0.05, 0) is 297 Å². The number of aromatic amines is 1. The minimum atomic E-state index is -0.763. The average molecular weight is 2130 g/mol. The van der Waals surface area contributed by atoms with Crippen molar-refractivity contribution >= 4 is 138 Å². The van der Waals surface area contributed by atoms with Crippen molar-refractivity contribution < 1.29 is 115 Å². The Kier molecular flexibility index (Phi) is 48.3. The number of fused-ring (bicyclic) bond motifs is 4. The number of alkyl halides is 1. The van der Waals surface area contributed by atoms with Crippen LogP contribution in [0.3, 0.4) is 0 Å². The number of nitrogens with zero attached hydrogens (tertiary/aromatic N) is 8. The number of hydrogen-bond acceptors (Lipinski definition) is 24. The number of carbonyl (C=O) groups excluding carboxylic acids is 11. The molecule has 4 aromatic carbocycles. The summed E-state index contributed by atoms with van der Waals surface area (Å²) in [5, 5.41) is 33.9. The van der Waals surface area contributed by atoms with E-state index in [1.54, 1.807) is 48.3 Å². The van der Waals surface area contributed by atoms with Crippen molar-refractivity contribution in [3.63, 3.8) is 0 Å². The van der Waals surface area contributed by atoms with Crippen molar-refractivity contribution in [3.05, 3.63) is 144 Å². The highest BCUT2D eigenvalue weighted by Crippen LogP contribution is 2.40. The standard InChI is InChI=1S/C25H34N2O6.C22H28N2O5.C19H24N2O3.C13H13NO4.C12H22INO2.C12H23NO3.C7H15NO/c1-25(2,3)33-23(29)26-14-12-17(13-15-26)10-11-19(22(28)31-4)20-16-27(24(30)32-5)21-9-7-6-8-18(20)21;1-15(25)23-12-10-16(11-13-23)8-9-18(21(26)28-2)19-14-24(22(27)29-3)20-7-5-4-6-17(19)20;1-13(22)21-10-8-14(9-11-21)6-7-16(19(23)24)17-12-20-18-5-3-2-4-15(17)18;1-17-12(15)7-9-8-14(13(16)18-2)11-6-4-3-5-10(9)11;1-12(2,3)16-11(15)14-8-5-10(4-7-13)6-9-14;1-12(2,3)16-11(15)13-7-4-10(5-8-13)6-9-14;9-6-3-7-1-4-8-5-2-7/h6-9,16-17,19H,10-15H2,1-5H3;4-7,14,16,18H,8-13H2,1-3H3;2-5,12,14,16,20H,6-11H2,1H3,(H,23,24);3-6,8H,7H2,1-2H3;10H,4-9H2,1-3H3;10,14H,4-9H2,1-3H3;7-9H,1-6H2. The summed E-state index contributed by atoms with van der Waals surface area (Å²) in [5.74, 6) is 0.599. The number of carboxylic acids is 1. The molecule has 5 amide bonds. The van der Waals surface area contributed by atoms with Crippen molar-refractivity contribution in [2.24, 2.45) is 35.5 Å². The highest BCUT2D eigenvalue weighted by atomic mass is 127. The van der Waals surface area contributed by atoms with Gasteiger partial charge in [0.25, 0.3) is 0 Å². The van der Waals surface area contributed by atoms with E-state index in [9.17, 15) is 62.6 Å². The molecule has 0 saturated carbocycles. The number of aliphatic hydroxyl groups is 2. The Labute approximate surface area is 867 Å². The minimum absolute atomic E-state index is 0.117. The number of nitrogens with one attached hydrogen (secondary N) is 2. The van der Waals surface area contributed by atoms with Crippen LogP contribution in [0.2, 0.25) is 0 Å².